The molecule has 0 aromatic carbocycles. The molecule has 0 spiro atoms. The molecule has 0 saturated carbocycles. The largest absolute Gasteiger partial charge is 0.466 e. The van der Waals surface area contributed by atoms with Gasteiger partial charge in [-0.05, 0) is 12.8 Å². The maximum Gasteiger partial charge on any atom is 0.330 e. The standard InChI is InChI=1S/C14H24O2/c1-3-4-5-6-7-8-9-10-11-12-13-14(15)16-2/h10-13H,3-9H2,1-2H3/b11-10-,13-12+. The van der Waals surface area contributed by atoms with Crippen molar-refractivity contribution in [3.63, 3.8) is 0 Å². The number of allylic oxidation sites excluding steroid dienone is 3. The Morgan fingerprint density at radius 2 is 1.75 bits per heavy atom. The Bertz CT molecular complexity index is 217. The predicted octanol–water partition coefficient (Wildman–Crippen LogP) is 4.02. The molecule has 2 nitrogen and oxygen atoms in total. The number of esters is 1. The fraction of sp³-hybridized carbons (Fsp3) is 0.643. The molecule has 0 rings (SSSR count). The molecular formula is C14H24O2. The summed E-state index contributed by atoms with van der Waals surface area (Å²) in [6, 6.07) is 0. The summed E-state index contributed by atoms with van der Waals surface area (Å²) in [7, 11) is 1.38. The molecule has 0 aliphatic carbocycles. The number of ether oxygens (including phenoxy) is 1. The number of carbonyl (C=O) groups is 1. The van der Waals surface area contributed by atoms with Gasteiger partial charge in [-0.25, -0.2) is 4.79 Å². The molecular weight excluding hydrogens is 200 g/mol. The number of rotatable bonds is 9. The van der Waals surface area contributed by atoms with E-state index in [2.05, 4.69) is 17.7 Å². The second-order valence-electron chi connectivity index (χ2n) is 3.87. The first kappa shape index (κ1) is 14.9. The van der Waals surface area contributed by atoms with Gasteiger partial charge in [0.25, 0.3) is 0 Å². The van der Waals surface area contributed by atoms with Crippen LogP contribution in [-0.4, -0.2) is 13.1 Å². The van der Waals surface area contributed by atoms with Crippen LogP contribution < -0.4 is 0 Å². The minimum atomic E-state index is -0.302. The van der Waals surface area contributed by atoms with Gasteiger partial charge in [0.15, 0.2) is 0 Å². The van der Waals surface area contributed by atoms with Crippen LogP contribution in [0.4, 0.5) is 0 Å². The molecule has 0 unspecified atom stereocenters. The monoisotopic (exact) mass is 224 g/mol. The third-order valence-electron chi connectivity index (χ3n) is 2.41. The SMILES string of the molecule is CCCCCCCC/C=C\C=C\C(=O)OC. The molecule has 0 aromatic heterocycles. The van der Waals surface area contributed by atoms with Gasteiger partial charge in [0.1, 0.15) is 0 Å². The van der Waals surface area contributed by atoms with E-state index in [1.807, 2.05) is 6.08 Å². The van der Waals surface area contributed by atoms with Crippen molar-refractivity contribution in [3.05, 3.63) is 24.3 Å². The van der Waals surface area contributed by atoms with Crippen LogP contribution in [-0.2, 0) is 9.53 Å². The van der Waals surface area contributed by atoms with Crippen LogP contribution in [0.25, 0.3) is 0 Å². The van der Waals surface area contributed by atoms with Gasteiger partial charge in [-0.1, -0.05) is 57.3 Å². The lowest BCUT2D eigenvalue weighted by atomic mass is 10.1. The minimum absolute atomic E-state index is 0.302. The zero-order chi connectivity index (χ0) is 12.1. The van der Waals surface area contributed by atoms with E-state index in [0.29, 0.717) is 0 Å². The Kier molecular flexibility index (Phi) is 11.2. The van der Waals surface area contributed by atoms with Crippen LogP contribution in [0.3, 0.4) is 0 Å². The van der Waals surface area contributed by atoms with Gasteiger partial charge in [0, 0.05) is 6.08 Å². The summed E-state index contributed by atoms with van der Waals surface area (Å²) in [6.07, 6.45) is 16.2. The Balaban J connectivity index is 3.28. The van der Waals surface area contributed by atoms with Gasteiger partial charge in [-0.2, -0.15) is 0 Å². The Labute approximate surface area is 99.4 Å². The second kappa shape index (κ2) is 12.0. The molecule has 0 bridgehead atoms. The molecule has 0 aromatic rings. The van der Waals surface area contributed by atoms with Crippen LogP contribution in [0.2, 0.25) is 0 Å². The molecule has 0 atom stereocenters. The molecule has 0 fully saturated rings. The van der Waals surface area contributed by atoms with Crippen LogP contribution in [0.1, 0.15) is 51.9 Å². The quantitative estimate of drug-likeness (QED) is 0.256. The predicted molar refractivity (Wildman–Crippen MR) is 68.3 cm³/mol. The van der Waals surface area contributed by atoms with Crippen molar-refractivity contribution in [1.82, 2.24) is 0 Å². The average molecular weight is 224 g/mol. The normalized spacial score (nSPS) is 11.4. The topological polar surface area (TPSA) is 26.3 Å². The highest BCUT2D eigenvalue weighted by Crippen LogP contribution is 2.07. The summed E-state index contributed by atoms with van der Waals surface area (Å²) in [4.78, 5) is 10.7. The first-order valence-electron chi connectivity index (χ1n) is 6.22. The van der Waals surface area contributed by atoms with E-state index in [-0.39, 0.29) is 5.97 Å². The molecule has 0 heterocycles. The smallest absolute Gasteiger partial charge is 0.330 e. The number of hydrogen-bond acceptors (Lipinski definition) is 2. The van der Waals surface area contributed by atoms with E-state index in [1.165, 1.54) is 51.7 Å². The van der Waals surface area contributed by atoms with E-state index in [9.17, 15) is 4.79 Å². The van der Waals surface area contributed by atoms with Crippen LogP contribution in [0.15, 0.2) is 24.3 Å². The number of unbranched alkanes of at least 4 members (excludes halogenated alkanes) is 6. The van der Waals surface area contributed by atoms with Gasteiger partial charge in [0.2, 0.25) is 0 Å². The van der Waals surface area contributed by atoms with Gasteiger partial charge >= 0.3 is 5.97 Å². The van der Waals surface area contributed by atoms with Crippen molar-refractivity contribution >= 4 is 5.97 Å². The van der Waals surface area contributed by atoms with Gasteiger partial charge in [0.05, 0.1) is 7.11 Å². The molecule has 0 aliphatic rings. The van der Waals surface area contributed by atoms with E-state index in [4.69, 9.17) is 0 Å². The summed E-state index contributed by atoms with van der Waals surface area (Å²) >= 11 is 0. The highest BCUT2D eigenvalue weighted by Gasteiger charge is 1.88. The Morgan fingerprint density at radius 3 is 2.44 bits per heavy atom. The first-order valence-corrected chi connectivity index (χ1v) is 6.22. The highest BCUT2D eigenvalue weighted by molar-refractivity contribution is 5.82. The second-order valence-corrected chi connectivity index (χ2v) is 3.87. The molecule has 92 valence electrons. The lowest BCUT2D eigenvalue weighted by Gasteiger charge is -1.97. The fourth-order valence-corrected chi connectivity index (χ4v) is 1.42. The van der Waals surface area contributed by atoms with Crippen LogP contribution >= 0.6 is 0 Å². The fourth-order valence-electron chi connectivity index (χ4n) is 1.42. The lowest BCUT2D eigenvalue weighted by molar-refractivity contribution is -0.134. The summed E-state index contributed by atoms with van der Waals surface area (Å²) in [5, 5.41) is 0. The van der Waals surface area contributed by atoms with E-state index >= 15 is 0 Å². The maximum absolute atomic E-state index is 10.7. The molecule has 0 N–H and O–H groups in total. The number of hydrogen-bond donors (Lipinski definition) is 0. The molecule has 0 aliphatic heterocycles. The summed E-state index contributed by atoms with van der Waals surface area (Å²) in [5.41, 5.74) is 0. The molecule has 0 radical (unpaired) electrons. The third-order valence-corrected chi connectivity index (χ3v) is 2.41. The summed E-state index contributed by atoms with van der Waals surface area (Å²) < 4.78 is 4.47. The maximum atomic E-state index is 10.7. The van der Waals surface area contributed by atoms with Gasteiger partial charge in [-0.3, -0.25) is 0 Å². The van der Waals surface area contributed by atoms with Crippen LogP contribution in [0.5, 0.6) is 0 Å². The molecule has 0 amide bonds. The lowest BCUT2D eigenvalue weighted by Crippen LogP contribution is -1.92. The zero-order valence-corrected chi connectivity index (χ0v) is 10.6. The van der Waals surface area contributed by atoms with Crippen LogP contribution in [0, 0.1) is 0 Å². The number of methoxy groups -OCH3 is 1. The highest BCUT2D eigenvalue weighted by atomic mass is 16.5. The van der Waals surface area contributed by atoms with Crippen molar-refractivity contribution in [2.24, 2.45) is 0 Å². The summed E-state index contributed by atoms with van der Waals surface area (Å²) in [5.74, 6) is -0.302. The molecule has 0 saturated heterocycles. The molecule has 2 heteroatoms. The zero-order valence-electron chi connectivity index (χ0n) is 10.6. The third kappa shape index (κ3) is 11.0. The van der Waals surface area contributed by atoms with E-state index in [1.54, 1.807) is 6.08 Å². The van der Waals surface area contributed by atoms with Crippen molar-refractivity contribution in [1.29, 1.82) is 0 Å². The van der Waals surface area contributed by atoms with Crippen molar-refractivity contribution in [2.75, 3.05) is 7.11 Å². The van der Waals surface area contributed by atoms with E-state index < -0.39 is 0 Å². The van der Waals surface area contributed by atoms with Gasteiger partial charge in [-0.15, -0.1) is 0 Å². The summed E-state index contributed by atoms with van der Waals surface area (Å²) in [6.45, 7) is 2.23. The Morgan fingerprint density at radius 1 is 1.06 bits per heavy atom. The van der Waals surface area contributed by atoms with Crippen molar-refractivity contribution < 1.29 is 9.53 Å². The van der Waals surface area contributed by atoms with Gasteiger partial charge < -0.3 is 4.74 Å². The first-order chi connectivity index (χ1) is 7.81. The van der Waals surface area contributed by atoms with Crippen molar-refractivity contribution in [3.8, 4) is 0 Å². The Hall–Kier alpha value is -1.05. The van der Waals surface area contributed by atoms with Crippen molar-refractivity contribution in [2.45, 2.75) is 51.9 Å². The van der Waals surface area contributed by atoms with E-state index in [0.717, 1.165) is 6.42 Å². The number of carbonyl (C=O) groups excluding carboxylic acids is 1. The molecule has 16 heavy (non-hydrogen) atoms. The average Bonchev–Trinajstić information content (AvgIpc) is 2.31. The minimum Gasteiger partial charge on any atom is -0.466 e.